The molecule has 1 aromatic rings. The summed E-state index contributed by atoms with van der Waals surface area (Å²) in [5.74, 6) is 0.776. The van der Waals surface area contributed by atoms with Crippen LogP contribution in [-0.4, -0.2) is 6.61 Å². The van der Waals surface area contributed by atoms with E-state index in [-0.39, 0.29) is 0 Å². The van der Waals surface area contributed by atoms with Gasteiger partial charge in [0.25, 0.3) is 0 Å². The molecule has 0 radical (unpaired) electrons. The van der Waals surface area contributed by atoms with E-state index in [0.717, 1.165) is 11.3 Å². The van der Waals surface area contributed by atoms with Crippen LogP contribution < -0.4 is 4.74 Å². The molecule has 0 amide bonds. The molecule has 0 atom stereocenters. The smallest absolute Gasteiger partial charge is 0.124 e. The normalized spacial score (nSPS) is 9.23. The molecule has 0 aromatic heterocycles. The molecule has 0 aliphatic heterocycles. The van der Waals surface area contributed by atoms with Crippen molar-refractivity contribution in [2.75, 3.05) is 6.61 Å². The third-order valence-electron chi connectivity index (χ3n) is 1.58. The Balaban J connectivity index is 2.77. The first-order valence-electron chi connectivity index (χ1n) is 4.03. The zero-order chi connectivity index (χ0) is 9.52. The van der Waals surface area contributed by atoms with Crippen LogP contribution in [0.5, 0.6) is 5.75 Å². The fourth-order valence-electron chi connectivity index (χ4n) is 1.01. The highest BCUT2D eigenvalue weighted by Crippen LogP contribution is 2.18. The Morgan fingerprint density at radius 1 is 1.46 bits per heavy atom. The number of ether oxygens (including phenoxy) is 1. The minimum atomic E-state index is 0.368. The quantitative estimate of drug-likeness (QED) is 0.544. The van der Waals surface area contributed by atoms with Gasteiger partial charge in [-0.15, -0.1) is 0 Å². The van der Waals surface area contributed by atoms with Crippen LogP contribution in [0.1, 0.15) is 5.56 Å². The van der Waals surface area contributed by atoms with Crippen molar-refractivity contribution in [1.29, 1.82) is 5.53 Å². The van der Waals surface area contributed by atoms with Crippen LogP contribution >= 0.6 is 0 Å². The van der Waals surface area contributed by atoms with E-state index in [4.69, 9.17) is 10.3 Å². The van der Waals surface area contributed by atoms with E-state index in [0.29, 0.717) is 13.2 Å². The number of hydrogen-bond acceptors (Lipinski definition) is 3. The highest BCUT2D eigenvalue weighted by atomic mass is 16.5. The molecule has 13 heavy (non-hydrogen) atoms. The molecule has 0 saturated heterocycles. The molecule has 0 unspecified atom stereocenters. The van der Waals surface area contributed by atoms with Crippen molar-refractivity contribution in [1.82, 2.24) is 0 Å². The second-order valence-electron chi connectivity index (χ2n) is 2.52. The fraction of sp³-hybridized carbons (Fsp3) is 0.200. The number of nitrogens with zero attached hydrogens (tertiary/aromatic N) is 1. The third-order valence-corrected chi connectivity index (χ3v) is 1.58. The monoisotopic (exact) mass is 176 g/mol. The second-order valence-corrected chi connectivity index (χ2v) is 2.52. The predicted octanol–water partition coefficient (Wildman–Crippen LogP) is 2.78. The van der Waals surface area contributed by atoms with Gasteiger partial charge in [-0.3, -0.25) is 0 Å². The molecule has 68 valence electrons. The van der Waals surface area contributed by atoms with Gasteiger partial charge in [0.1, 0.15) is 12.4 Å². The molecule has 0 fully saturated rings. The lowest BCUT2D eigenvalue weighted by molar-refractivity contribution is 0.359. The van der Waals surface area contributed by atoms with E-state index >= 15 is 0 Å². The van der Waals surface area contributed by atoms with Gasteiger partial charge in [-0.25, -0.2) is 5.53 Å². The fourth-order valence-corrected chi connectivity index (χ4v) is 1.01. The number of para-hydroxylation sites is 1. The highest BCUT2D eigenvalue weighted by molar-refractivity contribution is 5.33. The summed E-state index contributed by atoms with van der Waals surface area (Å²) < 4.78 is 5.38. The zero-order valence-corrected chi connectivity index (χ0v) is 7.36. The third kappa shape index (κ3) is 2.71. The molecule has 1 rings (SSSR count). The van der Waals surface area contributed by atoms with Gasteiger partial charge in [-0.05, 0) is 6.07 Å². The van der Waals surface area contributed by atoms with Crippen molar-refractivity contribution in [3.63, 3.8) is 0 Å². The lowest BCUT2D eigenvalue weighted by Gasteiger charge is -2.06. The largest absolute Gasteiger partial charge is 0.489 e. The maximum Gasteiger partial charge on any atom is 0.124 e. The van der Waals surface area contributed by atoms with Crippen molar-refractivity contribution >= 4 is 0 Å². The van der Waals surface area contributed by atoms with Gasteiger partial charge in [-0.1, -0.05) is 30.9 Å². The lowest BCUT2D eigenvalue weighted by atomic mass is 10.2. The van der Waals surface area contributed by atoms with Gasteiger partial charge in [0, 0.05) is 5.56 Å². The average molecular weight is 176 g/mol. The summed E-state index contributed by atoms with van der Waals surface area (Å²) >= 11 is 0. The molecule has 0 aliphatic carbocycles. The molecule has 0 bridgehead atoms. The van der Waals surface area contributed by atoms with E-state index in [1.54, 1.807) is 6.08 Å². The van der Waals surface area contributed by atoms with E-state index in [1.165, 1.54) is 0 Å². The first-order valence-corrected chi connectivity index (χ1v) is 4.03. The predicted molar refractivity (Wildman–Crippen MR) is 51.0 cm³/mol. The molecule has 1 aromatic carbocycles. The number of nitrogens with one attached hydrogen (secondary N) is 1. The van der Waals surface area contributed by atoms with Gasteiger partial charge < -0.3 is 4.74 Å². The Morgan fingerprint density at radius 2 is 2.23 bits per heavy atom. The Kier molecular flexibility index (Phi) is 3.70. The summed E-state index contributed by atoms with van der Waals surface area (Å²) in [6.45, 7) is 4.42. The van der Waals surface area contributed by atoms with E-state index in [1.807, 2.05) is 24.3 Å². The number of benzene rings is 1. The maximum absolute atomic E-state index is 6.76. The summed E-state index contributed by atoms with van der Waals surface area (Å²) in [5.41, 5.74) is 7.69. The SMILES string of the molecule is C=CCOc1ccccc1CN=N. The first-order chi connectivity index (χ1) is 6.38. The molecule has 0 spiro atoms. The van der Waals surface area contributed by atoms with Gasteiger partial charge in [0.05, 0.1) is 6.54 Å². The van der Waals surface area contributed by atoms with E-state index in [2.05, 4.69) is 11.7 Å². The van der Waals surface area contributed by atoms with Crippen LogP contribution in [0.4, 0.5) is 0 Å². The first kappa shape index (κ1) is 9.45. The Morgan fingerprint density at radius 3 is 2.92 bits per heavy atom. The standard InChI is InChI=1S/C10H12N2O/c1-2-7-13-10-6-4-3-5-9(10)8-12-11/h2-6,11H,1,7-8H2. The minimum absolute atomic E-state index is 0.368. The van der Waals surface area contributed by atoms with Crippen molar-refractivity contribution < 1.29 is 4.74 Å². The maximum atomic E-state index is 6.76. The Hall–Kier alpha value is -1.64. The van der Waals surface area contributed by atoms with Crippen LogP contribution in [0.25, 0.3) is 0 Å². The van der Waals surface area contributed by atoms with E-state index in [9.17, 15) is 0 Å². The van der Waals surface area contributed by atoms with Crippen molar-refractivity contribution in [3.8, 4) is 5.75 Å². The summed E-state index contributed by atoms with van der Waals surface area (Å²) in [6.07, 6.45) is 1.69. The van der Waals surface area contributed by atoms with Crippen LogP contribution in [0, 0.1) is 5.53 Å². The molecular formula is C10H12N2O. The summed E-state index contributed by atoms with van der Waals surface area (Å²) in [4.78, 5) is 0. The van der Waals surface area contributed by atoms with Gasteiger partial charge >= 0.3 is 0 Å². The topological polar surface area (TPSA) is 45.4 Å². The highest BCUT2D eigenvalue weighted by Gasteiger charge is 1.99. The van der Waals surface area contributed by atoms with Gasteiger partial charge in [0.2, 0.25) is 0 Å². The molecular weight excluding hydrogens is 164 g/mol. The molecule has 0 saturated carbocycles. The van der Waals surface area contributed by atoms with Crippen molar-refractivity contribution in [3.05, 3.63) is 42.5 Å². The zero-order valence-electron chi connectivity index (χ0n) is 7.36. The molecule has 1 N–H and O–H groups in total. The van der Waals surface area contributed by atoms with E-state index < -0.39 is 0 Å². The average Bonchev–Trinajstić information content (AvgIpc) is 2.17. The van der Waals surface area contributed by atoms with Crippen molar-refractivity contribution in [2.24, 2.45) is 5.11 Å². The molecule has 3 heteroatoms. The molecule has 0 heterocycles. The Labute approximate surface area is 77.6 Å². The number of rotatable bonds is 5. The minimum Gasteiger partial charge on any atom is -0.489 e. The second kappa shape index (κ2) is 5.09. The van der Waals surface area contributed by atoms with Crippen LogP contribution in [0.15, 0.2) is 42.0 Å². The summed E-state index contributed by atoms with van der Waals surface area (Å²) in [6, 6.07) is 7.56. The van der Waals surface area contributed by atoms with Gasteiger partial charge in [0.15, 0.2) is 0 Å². The van der Waals surface area contributed by atoms with Crippen LogP contribution in [0.2, 0.25) is 0 Å². The summed E-state index contributed by atoms with van der Waals surface area (Å²) in [5, 5.41) is 3.32. The summed E-state index contributed by atoms with van der Waals surface area (Å²) in [7, 11) is 0. The Bertz CT molecular complexity index is 297. The van der Waals surface area contributed by atoms with Crippen molar-refractivity contribution in [2.45, 2.75) is 6.54 Å². The number of hydrogen-bond donors (Lipinski definition) is 1. The molecule has 3 nitrogen and oxygen atoms in total. The van der Waals surface area contributed by atoms with Crippen LogP contribution in [-0.2, 0) is 6.54 Å². The van der Waals surface area contributed by atoms with Gasteiger partial charge in [-0.2, -0.15) is 5.11 Å². The lowest BCUT2D eigenvalue weighted by Crippen LogP contribution is -1.96. The van der Waals surface area contributed by atoms with Crippen LogP contribution in [0.3, 0.4) is 0 Å². The molecule has 0 aliphatic rings.